The summed E-state index contributed by atoms with van der Waals surface area (Å²) in [6, 6.07) is 4.82. The smallest absolute Gasteiger partial charge is 0.147 e. The van der Waals surface area contributed by atoms with Gasteiger partial charge in [0.05, 0.1) is 23.4 Å². The SMILES string of the molecule is Fc1cccc(Cl)c1NC1CCOC1. The van der Waals surface area contributed by atoms with Crippen LogP contribution in [0.3, 0.4) is 0 Å². The second kappa shape index (κ2) is 4.15. The van der Waals surface area contributed by atoms with E-state index in [0.717, 1.165) is 13.0 Å². The molecule has 1 atom stereocenters. The first kappa shape index (κ1) is 9.74. The molecule has 0 saturated carbocycles. The second-order valence-corrected chi connectivity index (χ2v) is 3.71. The summed E-state index contributed by atoms with van der Waals surface area (Å²) in [7, 11) is 0. The van der Waals surface area contributed by atoms with E-state index >= 15 is 0 Å². The van der Waals surface area contributed by atoms with Crippen LogP contribution in [0.4, 0.5) is 10.1 Å². The average Bonchev–Trinajstić information content (AvgIpc) is 2.64. The largest absolute Gasteiger partial charge is 0.379 e. The van der Waals surface area contributed by atoms with E-state index in [-0.39, 0.29) is 11.9 Å². The fraction of sp³-hybridized carbons (Fsp3) is 0.400. The molecule has 0 aliphatic carbocycles. The quantitative estimate of drug-likeness (QED) is 0.819. The van der Waals surface area contributed by atoms with Crippen LogP contribution in [0.25, 0.3) is 0 Å². The summed E-state index contributed by atoms with van der Waals surface area (Å²) >= 11 is 5.86. The Morgan fingerprint density at radius 1 is 1.50 bits per heavy atom. The summed E-state index contributed by atoms with van der Waals surface area (Å²) < 4.78 is 18.5. The lowest BCUT2D eigenvalue weighted by molar-refractivity contribution is 0.195. The van der Waals surface area contributed by atoms with E-state index in [1.807, 2.05) is 0 Å². The minimum absolute atomic E-state index is 0.171. The molecule has 1 saturated heterocycles. The highest BCUT2D eigenvalue weighted by molar-refractivity contribution is 6.33. The molecule has 1 aliphatic rings. The van der Waals surface area contributed by atoms with Crippen LogP contribution in [0.1, 0.15) is 6.42 Å². The van der Waals surface area contributed by atoms with Gasteiger partial charge in [0.25, 0.3) is 0 Å². The molecule has 0 spiro atoms. The molecular formula is C10H11ClFNO. The molecule has 1 heterocycles. The van der Waals surface area contributed by atoms with Crippen LogP contribution in [-0.2, 0) is 4.74 Å². The maximum absolute atomic E-state index is 13.3. The molecule has 1 fully saturated rings. The second-order valence-electron chi connectivity index (χ2n) is 3.30. The van der Waals surface area contributed by atoms with Crippen molar-refractivity contribution in [2.45, 2.75) is 12.5 Å². The van der Waals surface area contributed by atoms with Gasteiger partial charge in [-0.2, -0.15) is 0 Å². The van der Waals surface area contributed by atoms with Gasteiger partial charge in [-0.05, 0) is 18.6 Å². The fourth-order valence-electron chi connectivity index (χ4n) is 1.49. The van der Waals surface area contributed by atoms with E-state index in [0.29, 0.717) is 17.3 Å². The first-order valence-electron chi connectivity index (χ1n) is 4.55. The zero-order valence-corrected chi connectivity index (χ0v) is 8.35. The molecule has 2 nitrogen and oxygen atoms in total. The van der Waals surface area contributed by atoms with Crippen LogP contribution >= 0.6 is 11.6 Å². The summed E-state index contributed by atoms with van der Waals surface area (Å²) in [5, 5.41) is 3.46. The van der Waals surface area contributed by atoms with Crippen LogP contribution < -0.4 is 5.32 Å². The van der Waals surface area contributed by atoms with Crippen molar-refractivity contribution in [2.24, 2.45) is 0 Å². The highest BCUT2D eigenvalue weighted by Gasteiger charge is 2.17. The Hall–Kier alpha value is -0.800. The summed E-state index contributed by atoms with van der Waals surface area (Å²) in [5.41, 5.74) is 0.379. The predicted molar refractivity (Wildman–Crippen MR) is 54.3 cm³/mol. The molecule has 0 aromatic heterocycles. The molecule has 0 bridgehead atoms. The number of hydrogen-bond donors (Lipinski definition) is 1. The van der Waals surface area contributed by atoms with E-state index < -0.39 is 0 Å². The van der Waals surface area contributed by atoms with Crippen LogP contribution in [0, 0.1) is 5.82 Å². The number of para-hydroxylation sites is 1. The van der Waals surface area contributed by atoms with Crippen molar-refractivity contribution >= 4 is 17.3 Å². The lowest BCUT2D eigenvalue weighted by Crippen LogP contribution is -2.19. The number of rotatable bonds is 2. The van der Waals surface area contributed by atoms with Gasteiger partial charge in [-0.1, -0.05) is 17.7 Å². The highest BCUT2D eigenvalue weighted by Crippen LogP contribution is 2.26. The Balaban J connectivity index is 2.14. The van der Waals surface area contributed by atoms with Gasteiger partial charge in [-0.3, -0.25) is 0 Å². The van der Waals surface area contributed by atoms with Gasteiger partial charge in [0, 0.05) is 6.61 Å². The molecule has 0 radical (unpaired) electrons. The Bertz CT molecular complexity index is 306. The number of hydrogen-bond acceptors (Lipinski definition) is 2. The van der Waals surface area contributed by atoms with Crippen molar-refractivity contribution in [3.8, 4) is 0 Å². The molecule has 0 amide bonds. The minimum Gasteiger partial charge on any atom is -0.379 e. The van der Waals surface area contributed by atoms with Gasteiger partial charge in [0.15, 0.2) is 0 Å². The van der Waals surface area contributed by atoms with Crippen LogP contribution in [0.2, 0.25) is 5.02 Å². The molecular weight excluding hydrogens is 205 g/mol. The minimum atomic E-state index is -0.315. The zero-order valence-electron chi connectivity index (χ0n) is 7.59. The van der Waals surface area contributed by atoms with Gasteiger partial charge in [-0.25, -0.2) is 4.39 Å². The molecule has 1 aromatic carbocycles. The molecule has 1 aromatic rings. The molecule has 1 aliphatic heterocycles. The van der Waals surface area contributed by atoms with Crippen LogP contribution in [-0.4, -0.2) is 19.3 Å². The number of ether oxygens (including phenoxy) is 1. The summed E-state index contributed by atoms with van der Waals surface area (Å²) in [4.78, 5) is 0. The zero-order chi connectivity index (χ0) is 9.97. The lowest BCUT2D eigenvalue weighted by Gasteiger charge is -2.13. The van der Waals surface area contributed by atoms with Gasteiger partial charge < -0.3 is 10.1 Å². The fourth-order valence-corrected chi connectivity index (χ4v) is 1.71. The lowest BCUT2D eigenvalue weighted by atomic mass is 10.2. The van der Waals surface area contributed by atoms with Crippen molar-refractivity contribution in [3.63, 3.8) is 0 Å². The van der Waals surface area contributed by atoms with Crippen LogP contribution in [0.15, 0.2) is 18.2 Å². The monoisotopic (exact) mass is 215 g/mol. The Kier molecular flexibility index (Phi) is 2.89. The number of benzene rings is 1. The molecule has 14 heavy (non-hydrogen) atoms. The normalized spacial score (nSPS) is 21.1. The third-order valence-corrected chi connectivity index (χ3v) is 2.56. The third-order valence-electron chi connectivity index (χ3n) is 2.24. The molecule has 1 N–H and O–H groups in total. The van der Waals surface area contributed by atoms with Crippen molar-refractivity contribution in [2.75, 3.05) is 18.5 Å². The van der Waals surface area contributed by atoms with Crippen LogP contribution in [0.5, 0.6) is 0 Å². The molecule has 2 rings (SSSR count). The van der Waals surface area contributed by atoms with Gasteiger partial charge in [0.1, 0.15) is 5.82 Å². The molecule has 1 unspecified atom stereocenters. The maximum Gasteiger partial charge on any atom is 0.147 e. The highest BCUT2D eigenvalue weighted by atomic mass is 35.5. The standard InChI is InChI=1S/C10H11ClFNO/c11-8-2-1-3-9(12)10(8)13-7-4-5-14-6-7/h1-3,7,13H,4-6H2. The Morgan fingerprint density at radius 3 is 3.00 bits per heavy atom. The van der Waals surface area contributed by atoms with Gasteiger partial charge in [0.2, 0.25) is 0 Å². The summed E-state index contributed by atoms with van der Waals surface area (Å²) in [6.07, 6.45) is 0.894. The number of anilines is 1. The van der Waals surface area contributed by atoms with E-state index in [1.54, 1.807) is 12.1 Å². The topological polar surface area (TPSA) is 21.3 Å². The van der Waals surface area contributed by atoms with E-state index in [4.69, 9.17) is 16.3 Å². The number of nitrogens with one attached hydrogen (secondary N) is 1. The Labute approximate surface area is 87.0 Å². The van der Waals surface area contributed by atoms with Crippen molar-refractivity contribution < 1.29 is 9.13 Å². The van der Waals surface area contributed by atoms with Crippen molar-refractivity contribution in [1.29, 1.82) is 0 Å². The van der Waals surface area contributed by atoms with Crippen molar-refractivity contribution in [1.82, 2.24) is 0 Å². The number of halogens is 2. The van der Waals surface area contributed by atoms with E-state index in [9.17, 15) is 4.39 Å². The molecule has 76 valence electrons. The van der Waals surface area contributed by atoms with E-state index in [2.05, 4.69) is 5.32 Å². The first-order valence-corrected chi connectivity index (χ1v) is 4.93. The predicted octanol–water partition coefficient (Wildman–Crippen LogP) is 2.68. The summed E-state index contributed by atoms with van der Waals surface area (Å²) in [5.74, 6) is -0.315. The van der Waals surface area contributed by atoms with Crippen molar-refractivity contribution in [3.05, 3.63) is 29.0 Å². The Morgan fingerprint density at radius 2 is 2.36 bits per heavy atom. The first-order chi connectivity index (χ1) is 6.77. The van der Waals surface area contributed by atoms with E-state index in [1.165, 1.54) is 6.07 Å². The average molecular weight is 216 g/mol. The van der Waals surface area contributed by atoms with Gasteiger partial charge >= 0.3 is 0 Å². The third kappa shape index (κ3) is 1.99. The molecule has 4 heteroatoms. The summed E-state index contributed by atoms with van der Waals surface area (Å²) in [6.45, 7) is 1.34. The van der Waals surface area contributed by atoms with Gasteiger partial charge in [-0.15, -0.1) is 0 Å². The maximum atomic E-state index is 13.3.